The predicted molar refractivity (Wildman–Crippen MR) is 161 cm³/mol. The lowest BCUT2D eigenvalue weighted by Crippen LogP contribution is -2.41. The van der Waals surface area contributed by atoms with Gasteiger partial charge in [0.15, 0.2) is 5.78 Å². The molecule has 1 saturated heterocycles. The van der Waals surface area contributed by atoms with Crippen LogP contribution in [-0.2, 0) is 43.0 Å². The zero-order valence-corrected chi connectivity index (χ0v) is 26.0. The van der Waals surface area contributed by atoms with Gasteiger partial charge in [0.1, 0.15) is 6.04 Å². The highest BCUT2D eigenvalue weighted by Crippen LogP contribution is 2.05. The summed E-state index contributed by atoms with van der Waals surface area (Å²) in [6, 6.07) is -1.79. The molecule has 16 heteroatoms. The molecule has 2 amide bonds. The number of nitrogens with two attached hydrogens (primary N) is 3. The summed E-state index contributed by atoms with van der Waals surface area (Å²) in [5.74, 6) is -2.36. The van der Waals surface area contributed by atoms with Crippen LogP contribution < -0.4 is 33.2 Å². The number of carboxylic acids is 1. The van der Waals surface area contributed by atoms with Gasteiger partial charge in [0.25, 0.3) is 6.47 Å². The van der Waals surface area contributed by atoms with Gasteiger partial charge in [-0.15, -0.1) is 0 Å². The van der Waals surface area contributed by atoms with E-state index in [9.17, 15) is 33.6 Å². The molecule has 0 bridgehead atoms. The molecule has 0 radical (unpaired) electrons. The molecule has 1 aliphatic rings. The second-order valence-electron chi connectivity index (χ2n) is 10.0. The molecule has 254 valence electrons. The van der Waals surface area contributed by atoms with Crippen molar-refractivity contribution in [3.63, 3.8) is 0 Å². The van der Waals surface area contributed by atoms with Crippen LogP contribution in [-0.4, -0.2) is 98.5 Å². The Morgan fingerprint density at radius 1 is 0.932 bits per heavy atom. The Morgan fingerprint density at radius 2 is 1.50 bits per heavy atom. The molecule has 1 heterocycles. The lowest BCUT2D eigenvalue weighted by atomic mass is 10.1. The molecule has 3 atom stereocenters. The molecule has 16 nitrogen and oxygen atoms in total. The van der Waals surface area contributed by atoms with Crippen LogP contribution in [0.2, 0.25) is 0 Å². The topological polar surface area (TPSA) is 272 Å². The fourth-order valence-corrected chi connectivity index (χ4v) is 3.52. The van der Waals surface area contributed by atoms with E-state index in [1.807, 2.05) is 7.05 Å². The summed E-state index contributed by atoms with van der Waals surface area (Å²) in [4.78, 5) is 75.4. The molecule has 0 aromatic carbocycles. The number of rotatable bonds is 22. The minimum Gasteiger partial charge on any atom is -0.480 e. The Labute approximate surface area is 258 Å². The average molecular weight is 633 g/mol. The number of unbranched alkanes of at least 4 members (excludes halogenated alkanes) is 3. The van der Waals surface area contributed by atoms with Gasteiger partial charge in [0, 0.05) is 6.54 Å². The number of Topliss-reactive ketones (excluding diaryl/α,β-unsaturated/α-hetero) is 1. The third-order valence-electron chi connectivity index (χ3n) is 6.14. The quantitative estimate of drug-likeness (QED) is 0.0327. The molecular weight excluding hydrogens is 580 g/mol. The first-order chi connectivity index (χ1) is 20.9. The minimum absolute atomic E-state index is 0.0127. The molecule has 0 aromatic heterocycles. The van der Waals surface area contributed by atoms with Crippen molar-refractivity contribution in [1.82, 2.24) is 16.0 Å². The average Bonchev–Trinajstić information content (AvgIpc) is 3.36. The third-order valence-corrected chi connectivity index (χ3v) is 6.14. The fraction of sp³-hybridized carbons (Fsp3) is 0.750. The summed E-state index contributed by atoms with van der Waals surface area (Å²) in [7, 11) is 1.89. The Kier molecular flexibility index (Phi) is 27.4. The zero-order valence-electron chi connectivity index (χ0n) is 26.0. The number of ether oxygens (including phenoxy) is 2. The fourth-order valence-electron chi connectivity index (χ4n) is 3.52. The monoisotopic (exact) mass is 632 g/mol. The Bertz CT molecular complexity index is 860. The van der Waals surface area contributed by atoms with E-state index in [4.69, 9.17) is 22.3 Å². The van der Waals surface area contributed by atoms with Crippen LogP contribution >= 0.6 is 0 Å². The smallest absolute Gasteiger partial charge is 0.320 e. The summed E-state index contributed by atoms with van der Waals surface area (Å²) in [5.41, 5.74) is 16.3. The number of hydrogen-bond acceptors (Lipinski definition) is 13. The number of amides is 2. The summed E-state index contributed by atoms with van der Waals surface area (Å²) in [5, 5.41) is 16.8. The molecule has 10 N–H and O–H groups in total. The number of ketones is 1. The molecular formula is C28H52N6O10. The number of hydrogen-bond donors (Lipinski definition) is 7. The highest BCUT2D eigenvalue weighted by atomic mass is 16.6. The third kappa shape index (κ3) is 26.2. The van der Waals surface area contributed by atoms with E-state index in [0.717, 1.165) is 32.2 Å². The number of esters is 2. The van der Waals surface area contributed by atoms with E-state index in [2.05, 4.69) is 25.4 Å². The predicted octanol–water partition coefficient (Wildman–Crippen LogP) is -0.996. The van der Waals surface area contributed by atoms with E-state index >= 15 is 0 Å². The largest absolute Gasteiger partial charge is 0.480 e. The first-order valence-electron chi connectivity index (χ1n) is 14.8. The van der Waals surface area contributed by atoms with Crippen LogP contribution in [0.4, 0.5) is 0 Å². The minimum atomic E-state index is -0.933. The maximum atomic E-state index is 11.9. The number of carboxylic acid groups (broad SMARTS) is 1. The summed E-state index contributed by atoms with van der Waals surface area (Å²) >= 11 is 0. The molecule has 1 fully saturated rings. The molecule has 0 aliphatic carbocycles. The van der Waals surface area contributed by atoms with E-state index in [1.54, 1.807) is 0 Å². The highest BCUT2D eigenvalue weighted by molar-refractivity contribution is 5.92. The van der Waals surface area contributed by atoms with Gasteiger partial charge in [-0.2, -0.15) is 0 Å². The summed E-state index contributed by atoms with van der Waals surface area (Å²) in [6.45, 7) is 3.68. The van der Waals surface area contributed by atoms with Crippen molar-refractivity contribution in [2.45, 2.75) is 102 Å². The van der Waals surface area contributed by atoms with Gasteiger partial charge in [-0.25, -0.2) is 0 Å². The lowest BCUT2D eigenvalue weighted by molar-refractivity contribution is -0.152. The van der Waals surface area contributed by atoms with Crippen LogP contribution in [0.5, 0.6) is 0 Å². The van der Waals surface area contributed by atoms with E-state index in [-0.39, 0.29) is 49.9 Å². The molecule has 0 saturated carbocycles. The van der Waals surface area contributed by atoms with Gasteiger partial charge >= 0.3 is 17.9 Å². The van der Waals surface area contributed by atoms with Crippen molar-refractivity contribution >= 4 is 42.0 Å². The number of carbonyl (C=O) groups is 7. The van der Waals surface area contributed by atoms with Gasteiger partial charge in [-0.1, -0.05) is 12.8 Å². The van der Waals surface area contributed by atoms with Crippen LogP contribution in [0.3, 0.4) is 0 Å². The SMILES string of the molecule is CNCCCCC(N)C(=O)NCCCCC(NC(=O)CCOC=O)C(C)=O.NCCCCC(N)C(=O)O.O=C1CCC(=O)O1. The van der Waals surface area contributed by atoms with Crippen LogP contribution in [0.25, 0.3) is 0 Å². The van der Waals surface area contributed by atoms with Crippen molar-refractivity contribution in [3.8, 4) is 0 Å². The molecule has 0 spiro atoms. The van der Waals surface area contributed by atoms with E-state index in [1.165, 1.54) is 6.92 Å². The van der Waals surface area contributed by atoms with Crippen molar-refractivity contribution < 1.29 is 48.1 Å². The number of cyclic esters (lactones) is 2. The first kappa shape index (κ1) is 42.7. The van der Waals surface area contributed by atoms with Crippen LogP contribution in [0.15, 0.2) is 0 Å². The summed E-state index contributed by atoms with van der Waals surface area (Å²) < 4.78 is 8.54. The molecule has 1 rings (SSSR count). The lowest BCUT2D eigenvalue weighted by Gasteiger charge is -2.16. The van der Waals surface area contributed by atoms with Gasteiger partial charge < -0.3 is 47.7 Å². The van der Waals surface area contributed by atoms with Gasteiger partial charge in [0.05, 0.1) is 38.0 Å². The van der Waals surface area contributed by atoms with Gasteiger partial charge in [-0.05, 0) is 72.0 Å². The van der Waals surface area contributed by atoms with Gasteiger partial charge in [-0.3, -0.25) is 33.6 Å². The highest BCUT2D eigenvalue weighted by Gasteiger charge is 2.19. The number of aliphatic carboxylic acids is 1. The summed E-state index contributed by atoms with van der Waals surface area (Å²) in [6.07, 6.45) is 7.09. The standard InChI is InChI=1S/C18H34N4O5.C6H14N2O2.C4H4O3/c1-14(24)16(22-17(25)9-12-27-13-23)8-4-6-11-21-18(26)15(19)7-3-5-10-20-2;7-4-2-1-3-5(8)6(9)10;5-3-1-2-4(6)7-3/h13,15-16,20H,3-12,19H2,1-2H3,(H,21,26)(H,22,25);5H,1-4,7-8H2,(H,9,10);1-2H2. The number of nitrogens with one attached hydrogen (secondary N) is 3. The Balaban J connectivity index is 0. The van der Waals surface area contributed by atoms with Crippen LogP contribution in [0.1, 0.15) is 84.0 Å². The normalized spacial score (nSPS) is 13.9. The molecule has 44 heavy (non-hydrogen) atoms. The van der Waals surface area contributed by atoms with Crippen LogP contribution in [0, 0.1) is 0 Å². The Morgan fingerprint density at radius 3 is 2.00 bits per heavy atom. The second kappa shape index (κ2) is 28.3. The van der Waals surface area contributed by atoms with E-state index < -0.39 is 36.0 Å². The van der Waals surface area contributed by atoms with E-state index in [0.29, 0.717) is 45.2 Å². The van der Waals surface area contributed by atoms with Gasteiger partial charge in [0.2, 0.25) is 11.8 Å². The van der Waals surface area contributed by atoms with Crippen molar-refractivity contribution in [2.75, 3.05) is 33.3 Å². The second-order valence-corrected chi connectivity index (χ2v) is 10.0. The molecule has 3 unspecified atom stereocenters. The molecule has 0 aromatic rings. The molecule has 1 aliphatic heterocycles. The van der Waals surface area contributed by atoms with Crippen molar-refractivity contribution in [3.05, 3.63) is 0 Å². The van der Waals surface area contributed by atoms with Crippen molar-refractivity contribution in [2.24, 2.45) is 17.2 Å². The number of carbonyl (C=O) groups excluding carboxylic acids is 6. The maximum absolute atomic E-state index is 11.9. The zero-order chi connectivity index (χ0) is 33.8. The first-order valence-corrected chi connectivity index (χ1v) is 14.8. The maximum Gasteiger partial charge on any atom is 0.320 e. The van der Waals surface area contributed by atoms with Crippen molar-refractivity contribution in [1.29, 1.82) is 0 Å². The Hall–Kier alpha value is -3.47.